The predicted molar refractivity (Wildman–Crippen MR) is 150 cm³/mol. The molecule has 10 nitrogen and oxygen atoms in total. The molecule has 0 saturated carbocycles. The Morgan fingerprint density at radius 3 is 2.24 bits per heavy atom. The second-order valence-electron chi connectivity index (χ2n) is 7.69. The molecule has 0 fully saturated rings. The normalized spacial score (nSPS) is 12.2. The molecule has 0 spiro atoms. The highest BCUT2D eigenvalue weighted by molar-refractivity contribution is 9.39. The molecular formula is C24H23Br3N2O8. The number of carbonyl (C=O) groups is 1. The van der Waals surface area contributed by atoms with Crippen LogP contribution in [0.1, 0.15) is 35.9 Å². The van der Waals surface area contributed by atoms with Gasteiger partial charge in [-0.25, -0.2) is 9.59 Å². The Kier molecular flexibility index (Phi) is 9.24. The van der Waals surface area contributed by atoms with Crippen molar-refractivity contribution in [1.82, 2.24) is 0 Å². The number of anilines is 1. The van der Waals surface area contributed by atoms with E-state index in [2.05, 4.69) is 52.7 Å². The van der Waals surface area contributed by atoms with Crippen LogP contribution in [0.5, 0.6) is 11.5 Å². The Bertz CT molecular complexity index is 1380. The number of methoxy groups -OCH3 is 2. The van der Waals surface area contributed by atoms with Gasteiger partial charge in [0.25, 0.3) is 5.69 Å². The molecular weight excluding hydrogens is 684 g/mol. The van der Waals surface area contributed by atoms with Crippen molar-refractivity contribution in [2.75, 3.05) is 32.2 Å². The summed E-state index contributed by atoms with van der Waals surface area (Å²) in [6.45, 7) is 5.57. The first-order valence-corrected chi connectivity index (χ1v) is 13.3. The highest BCUT2D eigenvalue weighted by Crippen LogP contribution is 2.51. The molecule has 13 heteroatoms. The maximum atomic E-state index is 13.2. The number of hydrogen-bond donors (Lipinski definition) is 0. The third kappa shape index (κ3) is 6.27. The van der Waals surface area contributed by atoms with Crippen LogP contribution < -0.4 is 20.0 Å². The Balaban J connectivity index is 2.07. The largest absolute Gasteiger partial charge is 0.493 e. The van der Waals surface area contributed by atoms with Gasteiger partial charge in [-0.3, -0.25) is 10.1 Å². The number of nitro groups is 1. The molecule has 1 unspecified atom stereocenters. The standard InChI is InChI=1S/C24H23Br3N2O8/c1-5-28(6-2)14-8-7-13-9-16(22(30)36-18(13)10-14)23(31)37-21(24(25,26)27)15-11-19(34-3)20(35-4)12-17(15)29(32)33/h7-12,21H,5-6H2,1-4H3. The van der Waals surface area contributed by atoms with Crippen LogP contribution in [-0.2, 0) is 4.74 Å². The summed E-state index contributed by atoms with van der Waals surface area (Å²) in [4.78, 5) is 39.2. The molecule has 0 aliphatic carbocycles. The number of carbonyl (C=O) groups excluding carboxylic acids is 1. The second kappa shape index (κ2) is 11.8. The minimum atomic E-state index is -1.35. The number of halogens is 3. The molecule has 2 aromatic carbocycles. The third-order valence-corrected chi connectivity index (χ3v) is 6.85. The summed E-state index contributed by atoms with van der Waals surface area (Å²) in [7, 11) is 2.70. The summed E-state index contributed by atoms with van der Waals surface area (Å²) < 4.78 is 20.2. The van der Waals surface area contributed by atoms with Crippen LogP contribution in [-0.4, -0.2) is 40.3 Å². The van der Waals surface area contributed by atoms with E-state index in [-0.39, 0.29) is 22.6 Å². The van der Waals surface area contributed by atoms with Crippen LogP contribution in [0.25, 0.3) is 11.0 Å². The van der Waals surface area contributed by atoms with E-state index in [1.807, 2.05) is 19.9 Å². The first-order chi connectivity index (χ1) is 17.4. The topological polar surface area (TPSA) is 121 Å². The number of ether oxygens (including phenoxy) is 3. The van der Waals surface area contributed by atoms with Crippen molar-refractivity contribution in [2.24, 2.45) is 0 Å². The van der Waals surface area contributed by atoms with E-state index >= 15 is 0 Å². The van der Waals surface area contributed by atoms with Gasteiger partial charge in [0.15, 0.2) is 19.7 Å². The van der Waals surface area contributed by atoms with Crippen LogP contribution in [0.4, 0.5) is 11.4 Å². The van der Waals surface area contributed by atoms with Gasteiger partial charge in [-0.2, -0.15) is 0 Å². The summed E-state index contributed by atoms with van der Waals surface area (Å²) in [6.07, 6.45) is -1.35. The van der Waals surface area contributed by atoms with Crippen molar-refractivity contribution in [1.29, 1.82) is 0 Å². The van der Waals surface area contributed by atoms with Crippen LogP contribution in [0, 0.1) is 10.1 Å². The smallest absolute Gasteiger partial charge is 0.351 e. The quantitative estimate of drug-likeness (QED) is 0.0830. The summed E-state index contributed by atoms with van der Waals surface area (Å²) in [5, 5.41) is 12.4. The lowest BCUT2D eigenvalue weighted by Crippen LogP contribution is -2.26. The van der Waals surface area contributed by atoms with Gasteiger partial charge in [-0.05, 0) is 38.1 Å². The minimum absolute atomic E-state index is 0.0318. The van der Waals surface area contributed by atoms with E-state index in [0.717, 1.165) is 24.8 Å². The summed E-state index contributed by atoms with van der Waals surface area (Å²) >= 11 is 9.89. The van der Waals surface area contributed by atoms with Crippen molar-refractivity contribution in [3.05, 3.63) is 68.1 Å². The molecule has 198 valence electrons. The number of nitro benzene ring substituents is 1. The lowest BCUT2D eigenvalue weighted by Gasteiger charge is -2.26. The van der Waals surface area contributed by atoms with E-state index in [1.54, 1.807) is 12.1 Å². The maximum absolute atomic E-state index is 13.2. The summed E-state index contributed by atoms with van der Waals surface area (Å²) in [5.41, 5.74) is -0.510. The van der Waals surface area contributed by atoms with Crippen molar-refractivity contribution < 1.29 is 28.3 Å². The maximum Gasteiger partial charge on any atom is 0.351 e. The molecule has 37 heavy (non-hydrogen) atoms. The van der Waals surface area contributed by atoms with Crippen LogP contribution >= 0.6 is 47.8 Å². The van der Waals surface area contributed by atoms with Gasteiger partial charge in [-0.1, -0.05) is 47.8 Å². The van der Waals surface area contributed by atoms with E-state index in [0.29, 0.717) is 11.0 Å². The fourth-order valence-electron chi connectivity index (χ4n) is 3.76. The summed E-state index contributed by atoms with van der Waals surface area (Å²) in [5.74, 6) is -0.748. The first kappa shape index (κ1) is 28.9. The average Bonchev–Trinajstić information content (AvgIpc) is 2.85. The molecule has 3 aromatic rings. The molecule has 0 amide bonds. The zero-order valence-corrected chi connectivity index (χ0v) is 25.0. The molecule has 0 bridgehead atoms. The van der Waals surface area contributed by atoms with Crippen molar-refractivity contribution in [2.45, 2.75) is 22.1 Å². The van der Waals surface area contributed by atoms with Crippen LogP contribution in [0.15, 0.2) is 45.6 Å². The second-order valence-corrected chi connectivity index (χ2v) is 14.6. The number of esters is 1. The molecule has 0 N–H and O–H groups in total. The Morgan fingerprint density at radius 2 is 1.70 bits per heavy atom. The number of alkyl halides is 3. The monoisotopic (exact) mass is 704 g/mol. The van der Waals surface area contributed by atoms with Gasteiger partial charge >= 0.3 is 11.6 Å². The van der Waals surface area contributed by atoms with Crippen molar-refractivity contribution in [3.63, 3.8) is 0 Å². The molecule has 0 radical (unpaired) electrons. The van der Waals surface area contributed by atoms with Crippen LogP contribution in [0.2, 0.25) is 0 Å². The number of rotatable bonds is 9. The first-order valence-electron chi connectivity index (χ1n) is 11.0. The minimum Gasteiger partial charge on any atom is -0.493 e. The van der Waals surface area contributed by atoms with Gasteiger partial charge in [0.1, 0.15) is 11.1 Å². The van der Waals surface area contributed by atoms with Gasteiger partial charge < -0.3 is 23.5 Å². The zero-order valence-electron chi connectivity index (χ0n) is 20.2. The molecule has 0 saturated heterocycles. The third-order valence-electron chi connectivity index (χ3n) is 5.60. The van der Waals surface area contributed by atoms with E-state index in [1.165, 1.54) is 26.4 Å². The lowest BCUT2D eigenvalue weighted by molar-refractivity contribution is -0.386. The Labute approximate surface area is 237 Å². The van der Waals surface area contributed by atoms with Gasteiger partial charge in [-0.15, -0.1) is 0 Å². The highest BCUT2D eigenvalue weighted by atomic mass is 80.0. The lowest BCUT2D eigenvalue weighted by atomic mass is 10.1. The van der Waals surface area contributed by atoms with E-state index < -0.39 is 30.5 Å². The molecule has 1 heterocycles. The predicted octanol–water partition coefficient (Wildman–Crippen LogP) is 6.30. The fraction of sp³-hybridized carbons (Fsp3) is 0.333. The Hall–Kier alpha value is -2.64. The number of hydrogen-bond acceptors (Lipinski definition) is 9. The van der Waals surface area contributed by atoms with Crippen molar-refractivity contribution >= 4 is 76.1 Å². The molecule has 1 aromatic heterocycles. The molecule has 0 aliphatic rings. The number of fused-ring (bicyclic) bond motifs is 1. The van der Waals surface area contributed by atoms with E-state index in [9.17, 15) is 19.7 Å². The van der Waals surface area contributed by atoms with Crippen molar-refractivity contribution in [3.8, 4) is 11.5 Å². The molecule has 1 atom stereocenters. The fourth-order valence-corrected chi connectivity index (χ4v) is 4.78. The summed E-state index contributed by atoms with van der Waals surface area (Å²) in [6, 6.07) is 9.18. The number of nitrogens with zero attached hydrogens (tertiary/aromatic N) is 2. The average molecular weight is 707 g/mol. The van der Waals surface area contributed by atoms with Crippen LogP contribution in [0.3, 0.4) is 0 Å². The SMILES string of the molecule is CCN(CC)c1ccc2cc(C(=O)OC(c3cc(OC)c(OC)cc3[N+](=O)[O-])C(Br)(Br)Br)c(=O)oc2c1. The van der Waals surface area contributed by atoms with Gasteiger partial charge in [0.2, 0.25) is 0 Å². The van der Waals surface area contributed by atoms with Gasteiger partial charge in [0, 0.05) is 30.2 Å². The van der Waals surface area contributed by atoms with Gasteiger partial charge in [0.05, 0.1) is 30.8 Å². The zero-order chi connectivity index (χ0) is 27.5. The molecule has 0 aliphatic heterocycles. The van der Waals surface area contributed by atoms with E-state index in [4.69, 9.17) is 18.6 Å². The number of benzene rings is 2. The Morgan fingerprint density at radius 1 is 1.08 bits per heavy atom. The highest BCUT2D eigenvalue weighted by Gasteiger charge is 2.41. The molecule has 3 rings (SSSR count).